The van der Waals surface area contributed by atoms with Gasteiger partial charge in [0, 0.05) is 5.75 Å². The summed E-state index contributed by atoms with van der Waals surface area (Å²) in [7, 11) is 0. The van der Waals surface area contributed by atoms with Gasteiger partial charge in [-0.05, 0) is 36.4 Å². The summed E-state index contributed by atoms with van der Waals surface area (Å²) in [4.78, 5) is 0. The smallest absolute Gasteiger partial charge is 0.140 e. The summed E-state index contributed by atoms with van der Waals surface area (Å²) in [5.74, 6) is 1.35. The fourth-order valence-electron chi connectivity index (χ4n) is 1.12. The van der Waals surface area contributed by atoms with Crippen LogP contribution in [0.2, 0.25) is 0 Å². The van der Waals surface area contributed by atoms with Crippen LogP contribution in [0.15, 0.2) is 18.2 Å². The lowest BCUT2D eigenvalue weighted by Gasteiger charge is -2.02. The molecule has 1 aromatic carbocycles. The van der Waals surface area contributed by atoms with Crippen molar-refractivity contribution in [2.24, 2.45) is 5.73 Å². The number of thioether (sulfide) groups is 1. The Bertz CT molecular complexity index is 360. The number of hydrogen-bond donors (Lipinski definition) is 1. The standard InChI is InChI=1S/C11H13FN2S/c12-11-3-2-9(6-10(11)7-14)8-15-5-1-4-13/h2-3,6H,1,4-5,8,13H2. The minimum Gasteiger partial charge on any atom is -0.330 e. The summed E-state index contributed by atoms with van der Waals surface area (Å²) in [6.07, 6.45) is 0.983. The van der Waals surface area contributed by atoms with Crippen LogP contribution in [0, 0.1) is 17.1 Å². The Balaban J connectivity index is 2.52. The Morgan fingerprint density at radius 1 is 1.47 bits per heavy atom. The van der Waals surface area contributed by atoms with E-state index in [0.717, 1.165) is 23.5 Å². The van der Waals surface area contributed by atoms with Crippen molar-refractivity contribution < 1.29 is 4.39 Å². The van der Waals surface area contributed by atoms with Gasteiger partial charge in [-0.3, -0.25) is 0 Å². The Hall–Kier alpha value is -1.05. The molecule has 0 unspecified atom stereocenters. The van der Waals surface area contributed by atoms with Gasteiger partial charge in [-0.2, -0.15) is 17.0 Å². The quantitative estimate of drug-likeness (QED) is 0.781. The van der Waals surface area contributed by atoms with E-state index in [1.807, 2.05) is 6.07 Å². The van der Waals surface area contributed by atoms with Gasteiger partial charge >= 0.3 is 0 Å². The second-order valence-corrected chi connectivity index (χ2v) is 4.23. The third kappa shape index (κ3) is 3.90. The summed E-state index contributed by atoms with van der Waals surface area (Å²) in [5, 5.41) is 8.64. The van der Waals surface area contributed by atoms with Crippen LogP contribution in [-0.4, -0.2) is 12.3 Å². The Morgan fingerprint density at radius 2 is 2.27 bits per heavy atom. The number of rotatable bonds is 5. The van der Waals surface area contributed by atoms with Gasteiger partial charge in [-0.15, -0.1) is 0 Å². The van der Waals surface area contributed by atoms with Crippen LogP contribution in [0.25, 0.3) is 0 Å². The van der Waals surface area contributed by atoms with E-state index in [1.165, 1.54) is 6.07 Å². The molecule has 1 aromatic rings. The summed E-state index contributed by atoms with van der Waals surface area (Å²) in [6, 6.07) is 6.49. The molecule has 0 aliphatic rings. The minimum atomic E-state index is -0.451. The van der Waals surface area contributed by atoms with Crippen LogP contribution < -0.4 is 5.73 Å². The van der Waals surface area contributed by atoms with E-state index in [4.69, 9.17) is 11.0 Å². The van der Waals surface area contributed by atoms with Crippen LogP contribution in [0.3, 0.4) is 0 Å². The molecule has 0 aliphatic carbocycles. The van der Waals surface area contributed by atoms with E-state index in [0.29, 0.717) is 6.54 Å². The van der Waals surface area contributed by atoms with E-state index >= 15 is 0 Å². The number of nitrogens with two attached hydrogens (primary N) is 1. The highest BCUT2D eigenvalue weighted by Crippen LogP contribution is 2.16. The molecule has 4 heteroatoms. The predicted octanol–water partition coefficient (Wildman–Crippen LogP) is 2.28. The van der Waals surface area contributed by atoms with Gasteiger partial charge in [0.15, 0.2) is 0 Å². The summed E-state index contributed by atoms with van der Waals surface area (Å²) in [6.45, 7) is 0.694. The molecule has 0 radical (unpaired) electrons. The first kappa shape index (κ1) is 12.0. The van der Waals surface area contributed by atoms with E-state index in [2.05, 4.69) is 0 Å². The van der Waals surface area contributed by atoms with Crippen molar-refractivity contribution in [1.29, 1.82) is 5.26 Å². The molecule has 0 aliphatic heterocycles. The largest absolute Gasteiger partial charge is 0.330 e. The highest BCUT2D eigenvalue weighted by molar-refractivity contribution is 7.98. The maximum atomic E-state index is 13.0. The molecular weight excluding hydrogens is 211 g/mol. The monoisotopic (exact) mass is 224 g/mol. The topological polar surface area (TPSA) is 49.8 Å². The lowest BCUT2D eigenvalue weighted by Crippen LogP contribution is -1.99. The maximum Gasteiger partial charge on any atom is 0.140 e. The lowest BCUT2D eigenvalue weighted by molar-refractivity contribution is 0.623. The number of nitrogens with zero attached hydrogens (tertiary/aromatic N) is 1. The Kier molecular flexibility index (Phi) is 5.16. The zero-order chi connectivity index (χ0) is 11.1. The zero-order valence-corrected chi connectivity index (χ0v) is 9.19. The molecule has 2 N–H and O–H groups in total. The SMILES string of the molecule is N#Cc1cc(CSCCCN)ccc1F. The summed E-state index contributed by atoms with van der Waals surface area (Å²) in [5.41, 5.74) is 6.47. The average Bonchev–Trinajstić information content (AvgIpc) is 2.26. The number of halogens is 1. The molecule has 0 spiro atoms. The normalized spacial score (nSPS) is 9.93. The van der Waals surface area contributed by atoms with Crippen molar-refractivity contribution in [2.45, 2.75) is 12.2 Å². The van der Waals surface area contributed by atoms with Crippen LogP contribution in [0.5, 0.6) is 0 Å². The molecule has 1 rings (SSSR count). The molecule has 0 saturated carbocycles. The lowest BCUT2D eigenvalue weighted by atomic mass is 10.1. The summed E-state index contributed by atoms with van der Waals surface area (Å²) >= 11 is 1.74. The molecule has 0 saturated heterocycles. The fourth-order valence-corrected chi connectivity index (χ4v) is 2.05. The van der Waals surface area contributed by atoms with E-state index < -0.39 is 5.82 Å². The minimum absolute atomic E-state index is 0.118. The third-order valence-electron chi connectivity index (χ3n) is 1.91. The molecule has 0 atom stereocenters. The highest BCUT2D eigenvalue weighted by Gasteiger charge is 2.02. The van der Waals surface area contributed by atoms with E-state index in [9.17, 15) is 4.39 Å². The first-order valence-electron chi connectivity index (χ1n) is 4.74. The molecule has 80 valence electrons. The van der Waals surface area contributed by atoms with Crippen molar-refractivity contribution >= 4 is 11.8 Å². The second-order valence-electron chi connectivity index (χ2n) is 3.12. The van der Waals surface area contributed by atoms with Crippen molar-refractivity contribution in [2.75, 3.05) is 12.3 Å². The molecule has 0 bridgehead atoms. The number of benzene rings is 1. The van der Waals surface area contributed by atoms with Crippen LogP contribution in [-0.2, 0) is 5.75 Å². The van der Waals surface area contributed by atoms with Crippen molar-refractivity contribution in [1.82, 2.24) is 0 Å². The molecular formula is C11H13FN2S. The number of hydrogen-bond acceptors (Lipinski definition) is 3. The number of nitriles is 1. The average molecular weight is 224 g/mol. The van der Waals surface area contributed by atoms with Gasteiger partial charge in [-0.1, -0.05) is 6.07 Å². The fraction of sp³-hybridized carbons (Fsp3) is 0.364. The third-order valence-corrected chi connectivity index (χ3v) is 3.03. The van der Waals surface area contributed by atoms with Crippen molar-refractivity contribution in [3.8, 4) is 6.07 Å². The van der Waals surface area contributed by atoms with Crippen LogP contribution in [0.4, 0.5) is 4.39 Å². The van der Waals surface area contributed by atoms with Crippen molar-refractivity contribution in [3.05, 3.63) is 35.1 Å². The van der Waals surface area contributed by atoms with Gasteiger partial charge in [0.25, 0.3) is 0 Å². The van der Waals surface area contributed by atoms with Crippen LogP contribution in [0.1, 0.15) is 17.5 Å². The highest BCUT2D eigenvalue weighted by atomic mass is 32.2. The van der Waals surface area contributed by atoms with E-state index in [-0.39, 0.29) is 5.56 Å². The van der Waals surface area contributed by atoms with Gasteiger partial charge in [0.1, 0.15) is 11.9 Å². The second kappa shape index (κ2) is 6.44. The summed E-state index contributed by atoms with van der Waals surface area (Å²) < 4.78 is 13.0. The van der Waals surface area contributed by atoms with Gasteiger partial charge < -0.3 is 5.73 Å². The zero-order valence-electron chi connectivity index (χ0n) is 8.37. The molecule has 0 amide bonds. The molecule has 0 heterocycles. The van der Waals surface area contributed by atoms with Gasteiger partial charge in [0.2, 0.25) is 0 Å². The van der Waals surface area contributed by atoms with Crippen LogP contribution >= 0.6 is 11.8 Å². The van der Waals surface area contributed by atoms with Gasteiger partial charge in [0.05, 0.1) is 5.56 Å². The molecule has 2 nitrogen and oxygen atoms in total. The molecule has 15 heavy (non-hydrogen) atoms. The Labute approximate surface area is 93.3 Å². The Morgan fingerprint density at radius 3 is 2.93 bits per heavy atom. The van der Waals surface area contributed by atoms with Crippen molar-refractivity contribution in [3.63, 3.8) is 0 Å². The van der Waals surface area contributed by atoms with Gasteiger partial charge in [-0.25, -0.2) is 4.39 Å². The molecule has 0 fully saturated rings. The molecule has 0 aromatic heterocycles. The first-order valence-corrected chi connectivity index (χ1v) is 5.89. The predicted molar refractivity (Wildman–Crippen MR) is 60.9 cm³/mol. The first-order chi connectivity index (χ1) is 7.27. The van der Waals surface area contributed by atoms with E-state index in [1.54, 1.807) is 23.9 Å². The maximum absolute atomic E-state index is 13.0.